The molecule has 1 saturated heterocycles. The molecule has 2 amide bonds. The van der Waals surface area contributed by atoms with Crippen LogP contribution in [0.2, 0.25) is 5.02 Å². The molecule has 0 saturated carbocycles. The van der Waals surface area contributed by atoms with Gasteiger partial charge in [0, 0.05) is 19.5 Å². The Bertz CT molecular complexity index is 1780. The van der Waals surface area contributed by atoms with E-state index in [1.165, 1.54) is 45.6 Å². The van der Waals surface area contributed by atoms with Gasteiger partial charge in [-0.3, -0.25) is 4.79 Å². The SMILES string of the molecule is COC(=O)c1ccc(OC(Oc2ccc(C(=O)OC)cc2)(C(=O)Cc2ccc(NC(=O)Nc3ccccc3Cl)c(OC)c2)N2CCCC2)cc1. The van der Waals surface area contributed by atoms with Crippen LogP contribution in [0.15, 0.2) is 91.0 Å². The van der Waals surface area contributed by atoms with Crippen LogP contribution in [0.3, 0.4) is 0 Å². The van der Waals surface area contributed by atoms with Gasteiger partial charge in [0.1, 0.15) is 17.2 Å². The molecule has 12 nitrogen and oxygen atoms in total. The normalized spacial score (nSPS) is 12.8. The van der Waals surface area contributed by atoms with Crippen molar-refractivity contribution in [3.8, 4) is 17.2 Å². The van der Waals surface area contributed by atoms with Crippen molar-refractivity contribution in [1.82, 2.24) is 4.90 Å². The Kier molecular flexibility index (Phi) is 11.6. The Balaban J connectivity index is 1.46. The van der Waals surface area contributed by atoms with Crippen molar-refractivity contribution in [2.75, 3.05) is 45.1 Å². The first-order valence-electron chi connectivity index (χ1n) is 15.7. The number of ether oxygens (including phenoxy) is 5. The Morgan fingerprint density at radius 3 is 1.78 bits per heavy atom. The van der Waals surface area contributed by atoms with Gasteiger partial charge in [0.05, 0.1) is 48.9 Å². The molecule has 1 fully saturated rings. The fourth-order valence-electron chi connectivity index (χ4n) is 5.41. The number of rotatable bonds is 13. The van der Waals surface area contributed by atoms with Crippen molar-refractivity contribution in [2.24, 2.45) is 0 Å². The molecule has 0 atom stereocenters. The van der Waals surface area contributed by atoms with Gasteiger partial charge in [-0.15, -0.1) is 0 Å². The average Bonchev–Trinajstić information content (AvgIpc) is 3.69. The van der Waals surface area contributed by atoms with Crippen LogP contribution in [0.1, 0.15) is 39.1 Å². The molecule has 0 unspecified atom stereocenters. The number of esters is 2. The predicted molar refractivity (Wildman–Crippen MR) is 186 cm³/mol. The largest absolute Gasteiger partial charge is 0.495 e. The molecular weight excluding hydrogens is 666 g/mol. The van der Waals surface area contributed by atoms with Gasteiger partial charge >= 0.3 is 23.9 Å². The van der Waals surface area contributed by atoms with Gasteiger partial charge < -0.3 is 34.3 Å². The summed E-state index contributed by atoms with van der Waals surface area (Å²) in [7, 11) is 4.03. The summed E-state index contributed by atoms with van der Waals surface area (Å²) < 4.78 is 28.2. The number of hydrogen-bond acceptors (Lipinski definition) is 10. The minimum atomic E-state index is -1.95. The quantitative estimate of drug-likeness (QED) is 0.116. The number of amides is 2. The molecule has 2 N–H and O–H groups in total. The first-order valence-corrected chi connectivity index (χ1v) is 16.1. The van der Waals surface area contributed by atoms with Crippen LogP contribution in [0.25, 0.3) is 0 Å². The van der Waals surface area contributed by atoms with E-state index in [1.807, 2.05) is 4.90 Å². The second kappa shape index (κ2) is 16.2. The number of benzene rings is 4. The smallest absolute Gasteiger partial charge is 0.379 e. The summed E-state index contributed by atoms with van der Waals surface area (Å²) in [5.41, 5.74) is 1.97. The molecule has 0 aromatic heterocycles. The highest BCUT2D eigenvalue weighted by Gasteiger charge is 2.50. The number of methoxy groups -OCH3 is 3. The highest BCUT2D eigenvalue weighted by molar-refractivity contribution is 6.33. The Labute approximate surface area is 294 Å². The Hall–Kier alpha value is -5.59. The van der Waals surface area contributed by atoms with Crippen LogP contribution in [0.5, 0.6) is 17.2 Å². The van der Waals surface area contributed by atoms with E-state index in [0.717, 1.165) is 12.8 Å². The van der Waals surface area contributed by atoms with Crippen LogP contribution < -0.4 is 24.8 Å². The maximum absolute atomic E-state index is 14.6. The number of ketones is 1. The van der Waals surface area contributed by atoms with E-state index in [1.54, 1.807) is 66.7 Å². The molecule has 0 bridgehead atoms. The van der Waals surface area contributed by atoms with Gasteiger partial charge in [0.2, 0.25) is 5.78 Å². The zero-order valence-corrected chi connectivity index (χ0v) is 28.5. The molecule has 4 aromatic carbocycles. The molecular formula is C37H36ClN3O9. The van der Waals surface area contributed by atoms with Gasteiger partial charge in [-0.25, -0.2) is 19.3 Å². The third-order valence-electron chi connectivity index (χ3n) is 7.94. The lowest BCUT2D eigenvalue weighted by atomic mass is 10.0. The summed E-state index contributed by atoms with van der Waals surface area (Å²) in [6, 6.07) is 23.6. The zero-order valence-electron chi connectivity index (χ0n) is 27.7. The number of halogens is 1. The Morgan fingerprint density at radius 1 is 0.720 bits per heavy atom. The highest BCUT2D eigenvalue weighted by atomic mass is 35.5. The molecule has 1 heterocycles. The van der Waals surface area contributed by atoms with Crippen LogP contribution in [-0.4, -0.2) is 69.0 Å². The summed E-state index contributed by atoms with van der Waals surface area (Å²) in [4.78, 5) is 53.3. The van der Waals surface area contributed by atoms with Crippen molar-refractivity contribution in [2.45, 2.75) is 25.2 Å². The van der Waals surface area contributed by atoms with Crippen LogP contribution in [-0.2, 0) is 20.7 Å². The molecule has 4 aromatic rings. The second-order valence-corrected chi connectivity index (χ2v) is 11.6. The lowest BCUT2D eigenvalue weighted by Gasteiger charge is -2.39. The van der Waals surface area contributed by atoms with Gasteiger partial charge in [0.25, 0.3) is 0 Å². The van der Waals surface area contributed by atoms with E-state index in [-0.39, 0.29) is 17.9 Å². The number of urea groups is 1. The minimum Gasteiger partial charge on any atom is -0.495 e. The number of Topliss-reactive ketones (excluding diaryl/α,β-unsaturated/α-hetero) is 1. The number of carbonyl (C=O) groups is 4. The molecule has 5 rings (SSSR count). The predicted octanol–water partition coefficient (Wildman–Crippen LogP) is 6.59. The van der Waals surface area contributed by atoms with Crippen molar-refractivity contribution >= 4 is 46.7 Å². The first kappa shape index (κ1) is 35.7. The molecule has 0 aliphatic carbocycles. The van der Waals surface area contributed by atoms with Gasteiger partial charge in [-0.05, 0) is 91.2 Å². The maximum Gasteiger partial charge on any atom is 0.379 e. The third kappa shape index (κ3) is 8.33. The van der Waals surface area contributed by atoms with Crippen molar-refractivity contribution < 1.29 is 42.9 Å². The van der Waals surface area contributed by atoms with Gasteiger partial charge in [-0.1, -0.05) is 29.8 Å². The number of nitrogens with zero attached hydrogens (tertiary/aromatic N) is 1. The molecule has 1 aliphatic rings. The average molecular weight is 702 g/mol. The first-order chi connectivity index (χ1) is 24.1. The van der Waals surface area contributed by atoms with E-state index >= 15 is 0 Å². The fourth-order valence-corrected chi connectivity index (χ4v) is 5.59. The van der Waals surface area contributed by atoms with E-state index in [9.17, 15) is 19.2 Å². The summed E-state index contributed by atoms with van der Waals surface area (Å²) in [6.45, 7) is 0.998. The lowest BCUT2D eigenvalue weighted by molar-refractivity contribution is -0.214. The van der Waals surface area contributed by atoms with Crippen LogP contribution in [0, 0.1) is 0 Å². The summed E-state index contributed by atoms with van der Waals surface area (Å²) in [5.74, 6) is -2.57. The molecule has 13 heteroatoms. The van der Waals surface area contributed by atoms with E-state index in [0.29, 0.717) is 51.9 Å². The highest BCUT2D eigenvalue weighted by Crippen LogP contribution is 2.33. The minimum absolute atomic E-state index is 0.153. The molecule has 0 radical (unpaired) electrons. The molecule has 1 aliphatic heterocycles. The van der Waals surface area contributed by atoms with Gasteiger partial charge in [0.15, 0.2) is 0 Å². The number of carbonyl (C=O) groups excluding carboxylic acids is 4. The Morgan fingerprint density at radius 2 is 1.26 bits per heavy atom. The number of anilines is 2. The van der Waals surface area contributed by atoms with E-state index in [4.69, 9.17) is 35.3 Å². The summed E-state index contributed by atoms with van der Waals surface area (Å²) in [5, 5.41) is 5.83. The zero-order chi connectivity index (χ0) is 35.7. The van der Waals surface area contributed by atoms with E-state index < -0.39 is 29.7 Å². The molecule has 50 heavy (non-hydrogen) atoms. The van der Waals surface area contributed by atoms with E-state index in [2.05, 4.69) is 10.6 Å². The summed E-state index contributed by atoms with van der Waals surface area (Å²) >= 11 is 6.18. The summed E-state index contributed by atoms with van der Waals surface area (Å²) in [6.07, 6.45) is 1.45. The maximum atomic E-state index is 14.6. The monoisotopic (exact) mass is 701 g/mol. The standard InChI is InChI=1S/C37H36ClN3O9/c1-46-32-22-24(10-19-31(32)40-36(45)39-30-9-5-4-8-29(30)38)23-33(42)37(41-20-6-7-21-41,49-27-15-11-25(12-16-27)34(43)47-2)50-28-17-13-26(14-18-28)35(44)48-3/h4-5,8-19,22H,6-7,20-21,23H2,1-3H3,(H2,39,40,45). The number of nitrogens with one attached hydrogen (secondary N) is 2. The topological polar surface area (TPSA) is 142 Å². The van der Waals surface area contributed by atoms with Crippen molar-refractivity contribution in [3.05, 3.63) is 113 Å². The van der Waals surface area contributed by atoms with Crippen LogP contribution in [0.4, 0.5) is 16.2 Å². The number of para-hydroxylation sites is 1. The molecule has 260 valence electrons. The van der Waals surface area contributed by atoms with Crippen molar-refractivity contribution in [3.63, 3.8) is 0 Å². The molecule has 0 spiro atoms. The van der Waals surface area contributed by atoms with Gasteiger partial charge in [-0.2, -0.15) is 0 Å². The van der Waals surface area contributed by atoms with Crippen molar-refractivity contribution in [1.29, 1.82) is 0 Å². The third-order valence-corrected chi connectivity index (χ3v) is 8.27. The lowest BCUT2D eigenvalue weighted by Crippen LogP contribution is -2.62. The second-order valence-electron chi connectivity index (χ2n) is 11.2. The van der Waals surface area contributed by atoms with Crippen LogP contribution >= 0.6 is 11.6 Å². The fraction of sp³-hybridized carbons (Fsp3) is 0.243. The number of hydrogen-bond donors (Lipinski definition) is 2. The number of likely N-dealkylation sites (tertiary alicyclic amines) is 1.